The Morgan fingerprint density at radius 2 is 2.00 bits per heavy atom. The van der Waals surface area contributed by atoms with Crippen molar-refractivity contribution in [2.45, 2.75) is 64.0 Å². The second kappa shape index (κ2) is 6.91. The van der Waals surface area contributed by atoms with Crippen molar-refractivity contribution in [3.8, 4) is 0 Å². The summed E-state index contributed by atoms with van der Waals surface area (Å²) in [6, 6.07) is -0.769. The second-order valence-corrected chi connectivity index (χ2v) is 7.24. The molecule has 132 valence electrons. The Kier molecular flexibility index (Phi) is 4.87. The van der Waals surface area contributed by atoms with Gasteiger partial charge in [-0.05, 0) is 31.6 Å². The van der Waals surface area contributed by atoms with Crippen LogP contribution in [0, 0.1) is 5.92 Å². The van der Waals surface area contributed by atoms with Gasteiger partial charge in [0, 0.05) is 25.7 Å². The van der Waals surface area contributed by atoms with Crippen LogP contribution < -0.4 is 5.32 Å². The number of likely N-dealkylation sites (tertiary alicyclic amines) is 1. The van der Waals surface area contributed by atoms with Crippen LogP contribution in [-0.2, 0) is 9.59 Å². The van der Waals surface area contributed by atoms with Gasteiger partial charge in [-0.1, -0.05) is 25.5 Å². The van der Waals surface area contributed by atoms with Crippen LogP contribution in [-0.4, -0.2) is 51.3 Å². The molecule has 2 fully saturated rings. The summed E-state index contributed by atoms with van der Waals surface area (Å²) in [5.41, 5.74) is 0.990. The Balaban J connectivity index is 1.80. The molecule has 1 aromatic rings. The Labute approximate surface area is 142 Å². The highest BCUT2D eigenvalue weighted by Gasteiger charge is 2.39. The molecule has 1 N–H and O–H groups in total. The monoisotopic (exact) mass is 333 g/mol. The fourth-order valence-corrected chi connectivity index (χ4v) is 3.66. The van der Waals surface area contributed by atoms with Crippen molar-refractivity contribution >= 4 is 11.8 Å². The Hall–Kier alpha value is -1.92. The van der Waals surface area contributed by atoms with Gasteiger partial charge in [-0.3, -0.25) is 9.59 Å². The molecule has 1 aliphatic heterocycles. The molecule has 7 nitrogen and oxygen atoms in total. The highest BCUT2D eigenvalue weighted by Crippen LogP contribution is 2.35. The van der Waals surface area contributed by atoms with Gasteiger partial charge in [-0.2, -0.15) is 0 Å². The van der Waals surface area contributed by atoms with Gasteiger partial charge >= 0.3 is 0 Å². The molecular formula is C17H27N5O2. The molecule has 1 aliphatic carbocycles. The van der Waals surface area contributed by atoms with Crippen LogP contribution in [0.3, 0.4) is 0 Å². The minimum Gasteiger partial charge on any atom is -0.357 e. The van der Waals surface area contributed by atoms with Gasteiger partial charge in [0.15, 0.2) is 0 Å². The molecule has 1 saturated carbocycles. The summed E-state index contributed by atoms with van der Waals surface area (Å²) in [5.74, 6) is 0.463. The molecule has 0 aromatic carbocycles. The summed E-state index contributed by atoms with van der Waals surface area (Å²) < 4.78 is 1.71. The van der Waals surface area contributed by atoms with E-state index in [4.69, 9.17) is 0 Å². The normalized spacial score (nSPS) is 22.5. The van der Waals surface area contributed by atoms with Gasteiger partial charge in [-0.15, -0.1) is 5.10 Å². The average Bonchev–Trinajstić information content (AvgIpc) is 3.14. The molecule has 1 saturated heterocycles. The van der Waals surface area contributed by atoms with Crippen molar-refractivity contribution in [2.75, 3.05) is 13.6 Å². The number of rotatable bonds is 5. The van der Waals surface area contributed by atoms with Gasteiger partial charge in [0.25, 0.3) is 0 Å². The molecule has 2 aliphatic rings. The number of carbonyl (C=O) groups excluding carboxylic acids is 2. The lowest BCUT2D eigenvalue weighted by molar-refractivity contribution is -0.142. The first-order valence-corrected chi connectivity index (χ1v) is 8.96. The lowest BCUT2D eigenvalue weighted by Crippen LogP contribution is -2.48. The maximum Gasteiger partial charge on any atom is 0.248 e. The Morgan fingerprint density at radius 1 is 1.25 bits per heavy atom. The van der Waals surface area contributed by atoms with Gasteiger partial charge in [-0.25, -0.2) is 4.68 Å². The standard InChI is InChI=1S/C17H27N5O2/c1-11(2)15(22-10-13(19-20-22)12-6-4-7-12)17(24)21-9-5-8-14(21)16(23)18-3/h10-12,14-15H,4-9H2,1-3H3,(H,18,23)/t14-,15?/m0/s1. The molecule has 2 heterocycles. The van der Waals surface area contributed by atoms with E-state index in [1.54, 1.807) is 16.6 Å². The van der Waals surface area contributed by atoms with E-state index in [9.17, 15) is 9.59 Å². The van der Waals surface area contributed by atoms with Crippen molar-refractivity contribution in [1.29, 1.82) is 0 Å². The third-order valence-corrected chi connectivity index (χ3v) is 5.31. The van der Waals surface area contributed by atoms with E-state index in [1.165, 1.54) is 6.42 Å². The average molecular weight is 333 g/mol. The van der Waals surface area contributed by atoms with Crippen LogP contribution in [0.25, 0.3) is 0 Å². The minimum atomic E-state index is -0.406. The summed E-state index contributed by atoms with van der Waals surface area (Å²) >= 11 is 0. The predicted octanol–water partition coefficient (Wildman–Crippen LogP) is 1.48. The van der Waals surface area contributed by atoms with Crippen LogP contribution in [0.5, 0.6) is 0 Å². The Morgan fingerprint density at radius 3 is 2.58 bits per heavy atom. The molecule has 0 bridgehead atoms. The molecular weight excluding hydrogens is 306 g/mol. The number of aromatic nitrogens is 3. The van der Waals surface area contributed by atoms with E-state index < -0.39 is 6.04 Å². The maximum atomic E-state index is 13.1. The lowest BCUT2D eigenvalue weighted by Gasteiger charge is -2.29. The van der Waals surface area contributed by atoms with Crippen LogP contribution in [0.2, 0.25) is 0 Å². The largest absolute Gasteiger partial charge is 0.357 e. The first-order chi connectivity index (χ1) is 11.5. The van der Waals surface area contributed by atoms with Crippen LogP contribution in [0.1, 0.15) is 63.6 Å². The molecule has 3 rings (SSSR count). The molecule has 0 spiro atoms. The summed E-state index contributed by atoms with van der Waals surface area (Å²) in [7, 11) is 1.62. The summed E-state index contributed by atoms with van der Waals surface area (Å²) in [6.07, 6.45) is 7.07. The van der Waals surface area contributed by atoms with Crippen LogP contribution in [0.15, 0.2) is 6.20 Å². The zero-order chi connectivity index (χ0) is 17.3. The van der Waals surface area contributed by atoms with E-state index in [1.807, 2.05) is 20.0 Å². The number of likely N-dealkylation sites (N-methyl/N-ethyl adjacent to an activating group) is 1. The van der Waals surface area contributed by atoms with E-state index in [-0.39, 0.29) is 23.8 Å². The predicted molar refractivity (Wildman–Crippen MR) is 89.3 cm³/mol. The first-order valence-electron chi connectivity index (χ1n) is 8.96. The summed E-state index contributed by atoms with van der Waals surface area (Å²) in [4.78, 5) is 26.9. The molecule has 7 heteroatoms. The van der Waals surface area contributed by atoms with E-state index in [2.05, 4.69) is 15.6 Å². The van der Waals surface area contributed by atoms with Crippen molar-refractivity contribution in [2.24, 2.45) is 5.92 Å². The van der Waals surface area contributed by atoms with Crippen molar-refractivity contribution in [3.63, 3.8) is 0 Å². The van der Waals surface area contributed by atoms with Gasteiger partial charge in [0.2, 0.25) is 11.8 Å². The molecule has 24 heavy (non-hydrogen) atoms. The van der Waals surface area contributed by atoms with Crippen LogP contribution in [0.4, 0.5) is 0 Å². The molecule has 0 radical (unpaired) electrons. The number of hydrogen-bond acceptors (Lipinski definition) is 4. The fraction of sp³-hybridized carbons (Fsp3) is 0.765. The number of amides is 2. The molecule has 2 amide bonds. The third kappa shape index (κ3) is 3.03. The zero-order valence-electron chi connectivity index (χ0n) is 14.7. The van der Waals surface area contributed by atoms with Gasteiger partial charge in [0.05, 0.1) is 5.69 Å². The molecule has 1 unspecified atom stereocenters. The van der Waals surface area contributed by atoms with Crippen molar-refractivity contribution in [1.82, 2.24) is 25.2 Å². The number of nitrogens with one attached hydrogen (secondary N) is 1. The molecule has 1 aromatic heterocycles. The molecule has 2 atom stereocenters. The number of hydrogen-bond donors (Lipinski definition) is 1. The van der Waals surface area contributed by atoms with Gasteiger partial charge in [0.1, 0.15) is 12.1 Å². The lowest BCUT2D eigenvalue weighted by atomic mass is 9.83. The highest BCUT2D eigenvalue weighted by atomic mass is 16.2. The van der Waals surface area contributed by atoms with Crippen LogP contribution >= 0.6 is 0 Å². The summed E-state index contributed by atoms with van der Waals surface area (Å²) in [6.45, 7) is 4.65. The SMILES string of the molecule is CNC(=O)[C@@H]1CCCN1C(=O)C(C(C)C)n1cc(C2CCC2)nn1. The maximum absolute atomic E-state index is 13.1. The third-order valence-electron chi connectivity index (χ3n) is 5.31. The second-order valence-electron chi connectivity index (χ2n) is 7.24. The first kappa shape index (κ1) is 16.9. The quantitative estimate of drug-likeness (QED) is 0.885. The number of carbonyl (C=O) groups is 2. The topological polar surface area (TPSA) is 80.1 Å². The van der Waals surface area contributed by atoms with Gasteiger partial charge < -0.3 is 10.2 Å². The van der Waals surface area contributed by atoms with Crippen molar-refractivity contribution in [3.05, 3.63) is 11.9 Å². The van der Waals surface area contributed by atoms with E-state index >= 15 is 0 Å². The smallest absolute Gasteiger partial charge is 0.248 e. The fourth-order valence-electron chi connectivity index (χ4n) is 3.66. The van der Waals surface area contributed by atoms with E-state index in [0.717, 1.165) is 31.4 Å². The zero-order valence-corrected chi connectivity index (χ0v) is 14.7. The van der Waals surface area contributed by atoms with Crippen molar-refractivity contribution < 1.29 is 9.59 Å². The number of nitrogens with zero attached hydrogens (tertiary/aromatic N) is 4. The highest BCUT2D eigenvalue weighted by molar-refractivity contribution is 5.89. The van der Waals surface area contributed by atoms with E-state index in [0.29, 0.717) is 12.5 Å². The Bertz CT molecular complexity index is 608. The minimum absolute atomic E-state index is 0.0267. The summed E-state index contributed by atoms with van der Waals surface area (Å²) in [5, 5.41) is 11.2.